The summed E-state index contributed by atoms with van der Waals surface area (Å²) in [4.78, 5) is 23.9. The SMILES string of the molecule is CCNC(=O)COc1ccc(/C=C(\C#N)C(=O)Nc2ccc(Cl)cc2)cc1OC. The van der Waals surface area contributed by atoms with Gasteiger partial charge in [-0.25, -0.2) is 0 Å². The van der Waals surface area contributed by atoms with Gasteiger partial charge in [-0.3, -0.25) is 9.59 Å². The molecule has 0 fully saturated rings. The Morgan fingerprint density at radius 2 is 1.90 bits per heavy atom. The molecule has 29 heavy (non-hydrogen) atoms. The van der Waals surface area contributed by atoms with Crippen molar-refractivity contribution < 1.29 is 19.1 Å². The van der Waals surface area contributed by atoms with Gasteiger partial charge in [-0.15, -0.1) is 0 Å². The van der Waals surface area contributed by atoms with Gasteiger partial charge in [0.05, 0.1) is 7.11 Å². The molecule has 2 rings (SSSR count). The van der Waals surface area contributed by atoms with E-state index in [1.165, 1.54) is 13.2 Å². The maximum absolute atomic E-state index is 12.4. The molecule has 0 spiro atoms. The molecule has 7 nitrogen and oxygen atoms in total. The topological polar surface area (TPSA) is 100 Å². The molecule has 0 aliphatic rings. The number of nitrogens with zero attached hydrogens (tertiary/aromatic N) is 1. The summed E-state index contributed by atoms with van der Waals surface area (Å²) in [6.45, 7) is 2.18. The number of hydrogen-bond acceptors (Lipinski definition) is 5. The molecule has 0 aliphatic carbocycles. The van der Waals surface area contributed by atoms with Crippen LogP contribution in [-0.4, -0.2) is 32.1 Å². The summed E-state index contributed by atoms with van der Waals surface area (Å²) in [5.74, 6) is -0.0482. The first kappa shape index (κ1) is 21.8. The molecule has 0 heterocycles. The van der Waals surface area contributed by atoms with E-state index in [9.17, 15) is 14.9 Å². The fourth-order valence-electron chi connectivity index (χ4n) is 2.33. The van der Waals surface area contributed by atoms with Gasteiger partial charge in [0, 0.05) is 17.3 Å². The van der Waals surface area contributed by atoms with E-state index in [0.717, 1.165) is 0 Å². The van der Waals surface area contributed by atoms with E-state index in [-0.39, 0.29) is 18.1 Å². The average Bonchev–Trinajstić information content (AvgIpc) is 2.72. The normalized spacial score (nSPS) is 10.6. The number of benzene rings is 2. The smallest absolute Gasteiger partial charge is 0.266 e. The highest BCUT2D eigenvalue weighted by Gasteiger charge is 2.12. The quantitative estimate of drug-likeness (QED) is 0.510. The highest BCUT2D eigenvalue weighted by molar-refractivity contribution is 6.30. The third kappa shape index (κ3) is 6.55. The number of halogens is 1. The maximum Gasteiger partial charge on any atom is 0.266 e. The number of hydrogen-bond donors (Lipinski definition) is 2. The Hall–Kier alpha value is -3.50. The van der Waals surface area contributed by atoms with Gasteiger partial charge in [0.1, 0.15) is 11.6 Å². The van der Waals surface area contributed by atoms with Crippen LogP contribution in [0, 0.1) is 11.3 Å². The van der Waals surface area contributed by atoms with Crippen molar-refractivity contribution in [3.63, 3.8) is 0 Å². The predicted octanol–water partition coefficient (Wildman–Crippen LogP) is 3.41. The summed E-state index contributed by atoms with van der Waals surface area (Å²) in [6, 6.07) is 13.3. The van der Waals surface area contributed by atoms with Crippen molar-refractivity contribution in [1.82, 2.24) is 5.32 Å². The fraction of sp³-hybridized carbons (Fsp3) is 0.190. The van der Waals surface area contributed by atoms with Crippen LogP contribution in [0.1, 0.15) is 12.5 Å². The van der Waals surface area contributed by atoms with Crippen molar-refractivity contribution in [2.75, 3.05) is 25.6 Å². The third-order valence-corrected chi connectivity index (χ3v) is 3.95. The monoisotopic (exact) mass is 413 g/mol. The van der Waals surface area contributed by atoms with Crippen molar-refractivity contribution >= 4 is 35.2 Å². The lowest BCUT2D eigenvalue weighted by atomic mass is 10.1. The van der Waals surface area contributed by atoms with Crippen LogP contribution in [0.15, 0.2) is 48.0 Å². The lowest BCUT2D eigenvalue weighted by Crippen LogP contribution is -2.28. The number of nitrogens with one attached hydrogen (secondary N) is 2. The van der Waals surface area contributed by atoms with E-state index in [1.807, 2.05) is 13.0 Å². The summed E-state index contributed by atoms with van der Waals surface area (Å²) < 4.78 is 10.7. The molecule has 0 aromatic heterocycles. The second-order valence-electron chi connectivity index (χ2n) is 5.78. The Bertz CT molecular complexity index is 949. The molecule has 2 aromatic carbocycles. The van der Waals surface area contributed by atoms with E-state index in [2.05, 4.69) is 10.6 Å². The molecule has 0 aliphatic heterocycles. The number of amides is 2. The molecule has 150 valence electrons. The standard InChI is InChI=1S/C21H20ClN3O4/c1-3-24-20(26)13-29-18-9-4-14(11-19(18)28-2)10-15(12-23)21(27)25-17-7-5-16(22)6-8-17/h4-11H,3,13H2,1-2H3,(H,24,26)(H,25,27)/b15-10+. The Labute approximate surface area is 173 Å². The minimum Gasteiger partial charge on any atom is -0.493 e. The number of ether oxygens (including phenoxy) is 2. The van der Waals surface area contributed by atoms with Crippen LogP contribution in [0.3, 0.4) is 0 Å². The molecule has 0 saturated heterocycles. The Morgan fingerprint density at radius 3 is 2.52 bits per heavy atom. The molecular weight excluding hydrogens is 394 g/mol. The number of nitriles is 1. The molecule has 8 heteroatoms. The lowest BCUT2D eigenvalue weighted by Gasteiger charge is -2.11. The molecule has 2 amide bonds. The maximum atomic E-state index is 12.4. The third-order valence-electron chi connectivity index (χ3n) is 3.70. The van der Waals surface area contributed by atoms with Gasteiger partial charge in [-0.2, -0.15) is 5.26 Å². The summed E-state index contributed by atoms with van der Waals surface area (Å²) >= 11 is 5.82. The highest BCUT2D eigenvalue weighted by Crippen LogP contribution is 2.29. The van der Waals surface area contributed by atoms with Gasteiger partial charge >= 0.3 is 0 Å². The Kier molecular flexibility index (Phi) is 8.07. The summed E-state index contributed by atoms with van der Waals surface area (Å²) in [5, 5.41) is 15.2. The number of likely N-dealkylation sites (N-methyl/N-ethyl adjacent to an activating group) is 1. The second kappa shape index (κ2) is 10.7. The second-order valence-corrected chi connectivity index (χ2v) is 6.22. The fourth-order valence-corrected chi connectivity index (χ4v) is 2.46. The van der Waals surface area contributed by atoms with Crippen LogP contribution in [0.2, 0.25) is 5.02 Å². The number of carbonyl (C=O) groups excluding carboxylic acids is 2. The number of anilines is 1. The van der Waals surface area contributed by atoms with Crippen LogP contribution in [0.5, 0.6) is 11.5 Å². The molecule has 0 bridgehead atoms. The zero-order valence-corrected chi connectivity index (χ0v) is 16.7. The first-order valence-electron chi connectivity index (χ1n) is 8.73. The van der Waals surface area contributed by atoms with Crippen molar-refractivity contribution in [3.8, 4) is 17.6 Å². The minimum atomic E-state index is -0.551. The summed E-state index contributed by atoms with van der Waals surface area (Å²) in [6.07, 6.45) is 1.43. The molecule has 0 saturated carbocycles. The van der Waals surface area contributed by atoms with Gasteiger partial charge in [0.25, 0.3) is 11.8 Å². The number of carbonyl (C=O) groups is 2. The van der Waals surface area contributed by atoms with Crippen LogP contribution >= 0.6 is 11.6 Å². The summed E-state index contributed by atoms with van der Waals surface area (Å²) in [7, 11) is 1.46. The van der Waals surface area contributed by atoms with Crippen LogP contribution < -0.4 is 20.1 Å². The van der Waals surface area contributed by atoms with E-state index in [4.69, 9.17) is 21.1 Å². The van der Waals surface area contributed by atoms with E-state index >= 15 is 0 Å². The van der Waals surface area contributed by atoms with Crippen molar-refractivity contribution in [2.24, 2.45) is 0 Å². The zero-order chi connectivity index (χ0) is 21.2. The molecule has 0 unspecified atom stereocenters. The summed E-state index contributed by atoms with van der Waals surface area (Å²) in [5.41, 5.74) is 1.00. The van der Waals surface area contributed by atoms with Crippen molar-refractivity contribution in [1.29, 1.82) is 5.26 Å². The average molecular weight is 414 g/mol. The van der Waals surface area contributed by atoms with E-state index in [0.29, 0.717) is 34.3 Å². The first-order valence-corrected chi connectivity index (χ1v) is 9.10. The molecular formula is C21H20ClN3O4. The van der Waals surface area contributed by atoms with E-state index in [1.54, 1.807) is 42.5 Å². The first-order chi connectivity index (χ1) is 14.0. The largest absolute Gasteiger partial charge is 0.493 e. The van der Waals surface area contributed by atoms with E-state index < -0.39 is 5.91 Å². The highest BCUT2D eigenvalue weighted by atomic mass is 35.5. The van der Waals surface area contributed by atoms with Gasteiger partial charge < -0.3 is 20.1 Å². The van der Waals surface area contributed by atoms with Gasteiger partial charge in [0.2, 0.25) is 0 Å². The Balaban J connectivity index is 2.15. The number of rotatable bonds is 8. The number of methoxy groups -OCH3 is 1. The lowest BCUT2D eigenvalue weighted by molar-refractivity contribution is -0.123. The Morgan fingerprint density at radius 1 is 1.17 bits per heavy atom. The molecule has 0 atom stereocenters. The van der Waals surface area contributed by atoms with Crippen molar-refractivity contribution in [2.45, 2.75) is 6.92 Å². The molecule has 2 N–H and O–H groups in total. The zero-order valence-electron chi connectivity index (χ0n) is 16.0. The van der Waals surface area contributed by atoms with Crippen LogP contribution in [-0.2, 0) is 9.59 Å². The molecule has 0 radical (unpaired) electrons. The van der Waals surface area contributed by atoms with Gasteiger partial charge in [-0.05, 0) is 55.0 Å². The predicted molar refractivity (Wildman–Crippen MR) is 111 cm³/mol. The molecule has 2 aromatic rings. The van der Waals surface area contributed by atoms with Crippen molar-refractivity contribution in [3.05, 3.63) is 58.6 Å². The van der Waals surface area contributed by atoms with Gasteiger partial charge in [0.15, 0.2) is 18.1 Å². The van der Waals surface area contributed by atoms with Crippen LogP contribution in [0.4, 0.5) is 5.69 Å². The van der Waals surface area contributed by atoms with Gasteiger partial charge in [-0.1, -0.05) is 17.7 Å². The minimum absolute atomic E-state index is 0.0852. The van der Waals surface area contributed by atoms with Crippen LogP contribution in [0.25, 0.3) is 6.08 Å².